The Morgan fingerprint density at radius 1 is 1.05 bits per heavy atom. The molecule has 2 aromatic carbocycles. The molecule has 0 bridgehead atoms. The van der Waals surface area contributed by atoms with E-state index in [1.807, 2.05) is 0 Å². The Morgan fingerprint density at radius 2 is 1.67 bits per heavy atom. The van der Waals surface area contributed by atoms with Crippen molar-refractivity contribution >= 4 is 5.69 Å². The quantitative estimate of drug-likeness (QED) is 0.744. The maximum atomic E-state index is 6.31. The maximum absolute atomic E-state index is 6.31. The zero-order chi connectivity index (χ0) is 15.6. The lowest BCUT2D eigenvalue weighted by Gasteiger charge is -2.28. The van der Waals surface area contributed by atoms with Gasteiger partial charge in [-0.2, -0.15) is 0 Å². The van der Waals surface area contributed by atoms with E-state index in [-0.39, 0.29) is 5.41 Å². The van der Waals surface area contributed by atoms with Gasteiger partial charge in [-0.1, -0.05) is 70.2 Å². The second-order valence-corrected chi connectivity index (χ2v) is 6.60. The van der Waals surface area contributed by atoms with Crippen molar-refractivity contribution in [1.82, 2.24) is 0 Å². The van der Waals surface area contributed by atoms with Crippen molar-refractivity contribution in [3.63, 3.8) is 0 Å². The fourth-order valence-corrected chi connectivity index (χ4v) is 2.84. The lowest BCUT2D eigenvalue weighted by atomic mass is 9.76. The van der Waals surface area contributed by atoms with Crippen LogP contribution in [0.5, 0.6) is 0 Å². The van der Waals surface area contributed by atoms with Gasteiger partial charge in [-0.15, -0.1) is 0 Å². The Kier molecular flexibility index (Phi) is 4.41. The van der Waals surface area contributed by atoms with E-state index in [2.05, 4.69) is 77.1 Å². The first-order valence-corrected chi connectivity index (χ1v) is 7.84. The van der Waals surface area contributed by atoms with E-state index in [9.17, 15) is 0 Å². The first kappa shape index (κ1) is 15.6. The SMILES string of the molecule is CCC(C)c1cc(C(C)(C)c2ccccc2)cc(C)c1N. The molecule has 21 heavy (non-hydrogen) atoms. The summed E-state index contributed by atoms with van der Waals surface area (Å²) in [5.74, 6) is 0.496. The summed E-state index contributed by atoms with van der Waals surface area (Å²) in [4.78, 5) is 0. The molecular formula is C20H27N. The molecule has 2 rings (SSSR count). The summed E-state index contributed by atoms with van der Waals surface area (Å²) < 4.78 is 0. The number of anilines is 1. The molecule has 0 saturated heterocycles. The Bertz CT molecular complexity index is 611. The van der Waals surface area contributed by atoms with Crippen molar-refractivity contribution in [2.45, 2.75) is 52.4 Å². The molecule has 1 atom stereocenters. The summed E-state index contributed by atoms with van der Waals surface area (Å²) in [7, 11) is 0. The molecular weight excluding hydrogens is 254 g/mol. The zero-order valence-electron chi connectivity index (χ0n) is 13.9. The average Bonchev–Trinajstić information content (AvgIpc) is 2.49. The van der Waals surface area contributed by atoms with E-state index < -0.39 is 0 Å². The van der Waals surface area contributed by atoms with Crippen LogP contribution in [0.15, 0.2) is 42.5 Å². The van der Waals surface area contributed by atoms with Crippen LogP contribution in [-0.4, -0.2) is 0 Å². The molecule has 0 amide bonds. The van der Waals surface area contributed by atoms with E-state index in [0.717, 1.165) is 12.1 Å². The number of rotatable bonds is 4. The third kappa shape index (κ3) is 2.97. The van der Waals surface area contributed by atoms with E-state index >= 15 is 0 Å². The topological polar surface area (TPSA) is 26.0 Å². The molecule has 2 N–H and O–H groups in total. The lowest BCUT2D eigenvalue weighted by molar-refractivity contribution is 0.635. The van der Waals surface area contributed by atoms with Gasteiger partial charge in [0, 0.05) is 11.1 Å². The van der Waals surface area contributed by atoms with Gasteiger partial charge in [0.15, 0.2) is 0 Å². The summed E-state index contributed by atoms with van der Waals surface area (Å²) in [6.07, 6.45) is 1.11. The van der Waals surface area contributed by atoms with Crippen LogP contribution in [0.2, 0.25) is 0 Å². The van der Waals surface area contributed by atoms with Crippen LogP contribution in [0.1, 0.15) is 62.3 Å². The second kappa shape index (κ2) is 5.93. The van der Waals surface area contributed by atoms with E-state index in [0.29, 0.717) is 5.92 Å². The van der Waals surface area contributed by atoms with Crippen LogP contribution in [0.3, 0.4) is 0 Å². The van der Waals surface area contributed by atoms with Crippen LogP contribution in [0.25, 0.3) is 0 Å². The highest BCUT2D eigenvalue weighted by Gasteiger charge is 2.25. The van der Waals surface area contributed by atoms with Crippen molar-refractivity contribution in [2.75, 3.05) is 5.73 Å². The molecule has 112 valence electrons. The summed E-state index contributed by atoms with van der Waals surface area (Å²) in [5, 5.41) is 0. The normalized spacial score (nSPS) is 13.2. The summed E-state index contributed by atoms with van der Waals surface area (Å²) in [6, 6.07) is 15.2. The smallest absolute Gasteiger partial charge is 0.0379 e. The van der Waals surface area contributed by atoms with Crippen molar-refractivity contribution in [3.8, 4) is 0 Å². The highest BCUT2D eigenvalue weighted by Crippen LogP contribution is 2.37. The Balaban J connectivity index is 2.56. The third-order valence-electron chi connectivity index (χ3n) is 4.78. The summed E-state index contributed by atoms with van der Waals surface area (Å²) in [6.45, 7) is 11.2. The number of benzene rings is 2. The molecule has 0 spiro atoms. The van der Waals surface area contributed by atoms with E-state index in [1.54, 1.807) is 0 Å². The number of nitrogens with two attached hydrogens (primary N) is 1. The molecule has 0 fully saturated rings. The van der Waals surface area contributed by atoms with Crippen LogP contribution >= 0.6 is 0 Å². The number of aryl methyl sites for hydroxylation is 1. The molecule has 1 nitrogen and oxygen atoms in total. The highest BCUT2D eigenvalue weighted by atomic mass is 14.6. The molecule has 0 radical (unpaired) electrons. The molecule has 1 heteroatoms. The molecule has 0 aromatic heterocycles. The minimum absolute atomic E-state index is 0.0120. The average molecular weight is 281 g/mol. The van der Waals surface area contributed by atoms with Crippen LogP contribution in [0.4, 0.5) is 5.69 Å². The van der Waals surface area contributed by atoms with Gasteiger partial charge in [-0.05, 0) is 41.5 Å². The minimum Gasteiger partial charge on any atom is -0.398 e. The number of hydrogen-bond acceptors (Lipinski definition) is 1. The van der Waals surface area contributed by atoms with Gasteiger partial charge < -0.3 is 5.73 Å². The number of hydrogen-bond donors (Lipinski definition) is 1. The molecule has 0 aliphatic rings. The van der Waals surface area contributed by atoms with Crippen LogP contribution in [-0.2, 0) is 5.41 Å². The molecule has 0 heterocycles. The predicted molar refractivity (Wildman–Crippen MR) is 92.9 cm³/mol. The van der Waals surface area contributed by atoms with Gasteiger partial charge in [-0.3, -0.25) is 0 Å². The standard InChI is InChI=1S/C20H27N/c1-6-14(2)18-13-17(12-15(3)19(18)21)20(4,5)16-10-8-7-9-11-16/h7-14H,6,21H2,1-5H3. The zero-order valence-corrected chi connectivity index (χ0v) is 13.9. The Hall–Kier alpha value is -1.76. The van der Waals surface area contributed by atoms with Gasteiger partial charge in [0.1, 0.15) is 0 Å². The van der Waals surface area contributed by atoms with E-state index in [1.165, 1.54) is 22.3 Å². The lowest BCUT2D eigenvalue weighted by Crippen LogP contribution is -2.20. The first-order chi connectivity index (χ1) is 9.87. The van der Waals surface area contributed by atoms with Gasteiger partial charge >= 0.3 is 0 Å². The first-order valence-electron chi connectivity index (χ1n) is 7.84. The van der Waals surface area contributed by atoms with E-state index in [4.69, 9.17) is 5.73 Å². The third-order valence-corrected chi connectivity index (χ3v) is 4.78. The fourth-order valence-electron chi connectivity index (χ4n) is 2.84. The monoisotopic (exact) mass is 281 g/mol. The Labute approximate surface area is 129 Å². The largest absolute Gasteiger partial charge is 0.398 e. The number of nitrogen functional groups attached to an aromatic ring is 1. The summed E-state index contributed by atoms with van der Waals surface area (Å²) in [5.41, 5.74) is 12.4. The summed E-state index contributed by atoms with van der Waals surface area (Å²) >= 11 is 0. The van der Waals surface area contributed by atoms with Gasteiger partial charge in [0.25, 0.3) is 0 Å². The van der Waals surface area contributed by atoms with Crippen LogP contribution in [0, 0.1) is 6.92 Å². The highest BCUT2D eigenvalue weighted by molar-refractivity contribution is 5.58. The molecule has 1 unspecified atom stereocenters. The molecule has 0 aliphatic heterocycles. The Morgan fingerprint density at radius 3 is 2.24 bits per heavy atom. The van der Waals surface area contributed by atoms with Crippen molar-refractivity contribution < 1.29 is 0 Å². The van der Waals surface area contributed by atoms with Gasteiger partial charge in [-0.25, -0.2) is 0 Å². The molecule has 0 saturated carbocycles. The van der Waals surface area contributed by atoms with Crippen molar-refractivity contribution in [1.29, 1.82) is 0 Å². The van der Waals surface area contributed by atoms with Crippen LogP contribution < -0.4 is 5.73 Å². The van der Waals surface area contributed by atoms with Gasteiger partial charge in [0.2, 0.25) is 0 Å². The minimum atomic E-state index is -0.0120. The molecule has 2 aromatic rings. The predicted octanol–water partition coefficient (Wildman–Crippen LogP) is 5.42. The van der Waals surface area contributed by atoms with Crippen molar-refractivity contribution in [3.05, 3.63) is 64.7 Å². The maximum Gasteiger partial charge on any atom is 0.0379 e. The second-order valence-electron chi connectivity index (χ2n) is 6.60. The van der Waals surface area contributed by atoms with Gasteiger partial charge in [0.05, 0.1) is 0 Å². The van der Waals surface area contributed by atoms with Crippen molar-refractivity contribution in [2.24, 2.45) is 0 Å². The fraction of sp³-hybridized carbons (Fsp3) is 0.400. The molecule has 0 aliphatic carbocycles.